The van der Waals surface area contributed by atoms with Gasteiger partial charge in [-0.05, 0) is 18.2 Å². The van der Waals surface area contributed by atoms with Crippen molar-refractivity contribution in [2.45, 2.75) is 6.54 Å². The molecule has 2 heterocycles. The molecule has 0 aliphatic rings. The molecule has 0 unspecified atom stereocenters. The number of hydrogen-bond acceptors (Lipinski definition) is 3. The molecule has 0 atom stereocenters. The van der Waals surface area contributed by atoms with E-state index in [9.17, 15) is 0 Å². The zero-order valence-electron chi connectivity index (χ0n) is 8.01. The number of pyridine rings is 1. The van der Waals surface area contributed by atoms with Gasteiger partial charge in [0.15, 0.2) is 0 Å². The van der Waals surface area contributed by atoms with E-state index in [1.165, 1.54) is 0 Å². The van der Waals surface area contributed by atoms with Crippen molar-refractivity contribution in [2.24, 2.45) is 12.8 Å². The minimum absolute atomic E-state index is 0.459. The molecule has 0 bridgehead atoms. The molecule has 4 heteroatoms. The van der Waals surface area contributed by atoms with Crippen molar-refractivity contribution in [2.75, 3.05) is 0 Å². The van der Waals surface area contributed by atoms with E-state index in [1.54, 1.807) is 10.9 Å². The van der Waals surface area contributed by atoms with Gasteiger partial charge in [-0.25, -0.2) is 0 Å². The van der Waals surface area contributed by atoms with E-state index in [0.29, 0.717) is 6.54 Å². The Morgan fingerprint density at radius 2 is 2.29 bits per heavy atom. The molecule has 2 aromatic rings. The number of aryl methyl sites for hydroxylation is 1. The minimum atomic E-state index is 0.459. The summed E-state index contributed by atoms with van der Waals surface area (Å²) >= 11 is 0. The van der Waals surface area contributed by atoms with Crippen LogP contribution in [0.3, 0.4) is 0 Å². The third-order valence-electron chi connectivity index (χ3n) is 2.07. The first-order valence-corrected chi connectivity index (χ1v) is 4.45. The van der Waals surface area contributed by atoms with Gasteiger partial charge in [-0.15, -0.1) is 0 Å². The van der Waals surface area contributed by atoms with Crippen LogP contribution >= 0.6 is 0 Å². The van der Waals surface area contributed by atoms with Crippen LogP contribution in [0.25, 0.3) is 11.4 Å². The lowest BCUT2D eigenvalue weighted by molar-refractivity contribution is 0.747. The molecule has 0 aliphatic heterocycles. The van der Waals surface area contributed by atoms with Crippen molar-refractivity contribution < 1.29 is 0 Å². The summed E-state index contributed by atoms with van der Waals surface area (Å²) in [4.78, 5) is 4.26. The third kappa shape index (κ3) is 1.52. The van der Waals surface area contributed by atoms with E-state index in [2.05, 4.69) is 10.1 Å². The molecule has 0 fully saturated rings. The van der Waals surface area contributed by atoms with E-state index in [4.69, 9.17) is 5.73 Å². The van der Waals surface area contributed by atoms with E-state index < -0.39 is 0 Å². The monoisotopic (exact) mass is 188 g/mol. The highest BCUT2D eigenvalue weighted by molar-refractivity contribution is 5.54. The van der Waals surface area contributed by atoms with Gasteiger partial charge in [0.2, 0.25) is 0 Å². The molecule has 0 aliphatic carbocycles. The maximum absolute atomic E-state index is 5.51. The third-order valence-corrected chi connectivity index (χ3v) is 2.07. The Balaban J connectivity index is 2.46. The lowest BCUT2D eigenvalue weighted by Crippen LogP contribution is -1.99. The fourth-order valence-corrected chi connectivity index (χ4v) is 1.38. The fraction of sp³-hybridized carbons (Fsp3) is 0.200. The summed E-state index contributed by atoms with van der Waals surface area (Å²) in [6.07, 6.45) is 1.77. The fourth-order valence-electron chi connectivity index (χ4n) is 1.38. The van der Waals surface area contributed by atoms with Crippen molar-refractivity contribution in [1.82, 2.24) is 14.8 Å². The number of nitrogens with two attached hydrogens (primary N) is 1. The lowest BCUT2D eigenvalue weighted by Gasteiger charge is -1.98. The largest absolute Gasteiger partial charge is 0.325 e. The zero-order valence-corrected chi connectivity index (χ0v) is 8.01. The molecule has 0 radical (unpaired) electrons. The SMILES string of the molecule is Cn1nc(CN)cc1-c1ccccn1. The van der Waals surface area contributed by atoms with Crippen molar-refractivity contribution in [1.29, 1.82) is 0 Å². The van der Waals surface area contributed by atoms with Crippen LogP contribution in [0.4, 0.5) is 0 Å². The van der Waals surface area contributed by atoms with Crippen LogP contribution in [0, 0.1) is 0 Å². The topological polar surface area (TPSA) is 56.7 Å². The summed E-state index contributed by atoms with van der Waals surface area (Å²) in [5, 5.41) is 4.26. The molecule has 2 rings (SSSR count). The average Bonchev–Trinajstić information content (AvgIpc) is 2.61. The number of aromatic nitrogens is 3. The molecule has 72 valence electrons. The van der Waals surface area contributed by atoms with Gasteiger partial charge in [0.1, 0.15) is 0 Å². The Bertz CT molecular complexity index is 419. The van der Waals surface area contributed by atoms with Gasteiger partial charge >= 0.3 is 0 Å². The maximum atomic E-state index is 5.51. The Labute approximate surface area is 82.4 Å². The Morgan fingerprint density at radius 3 is 2.86 bits per heavy atom. The van der Waals surface area contributed by atoms with Crippen LogP contribution in [0.1, 0.15) is 5.69 Å². The van der Waals surface area contributed by atoms with Crippen LogP contribution in [0.5, 0.6) is 0 Å². The molecule has 14 heavy (non-hydrogen) atoms. The van der Waals surface area contributed by atoms with Crippen LogP contribution in [-0.2, 0) is 13.6 Å². The lowest BCUT2D eigenvalue weighted by atomic mass is 10.2. The first kappa shape index (κ1) is 8.90. The first-order valence-electron chi connectivity index (χ1n) is 4.45. The highest BCUT2D eigenvalue weighted by Gasteiger charge is 2.06. The van der Waals surface area contributed by atoms with Gasteiger partial charge in [0.25, 0.3) is 0 Å². The second-order valence-corrected chi connectivity index (χ2v) is 3.06. The van der Waals surface area contributed by atoms with Crippen LogP contribution in [0.15, 0.2) is 30.5 Å². The average molecular weight is 188 g/mol. The van der Waals surface area contributed by atoms with Gasteiger partial charge in [0.05, 0.1) is 17.1 Å². The number of rotatable bonds is 2. The predicted octanol–water partition coefficient (Wildman–Crippen LogP) is 0.941. The summed E-state index contributed by atoms with van der Waals surface area (Å²) in [6, 6.07) is 7.76. The molecular formula is C10H12N4. The Hall–Kier alpha value is -1.68. The van der Waals surface area contributed by atoms with E-state index in [0.717, 1.165) is 17.1 Å². The summed E-state index contributed by atoms with van der Waals surface area (Å²) in [5.41, 5.74) is 8.31. The van der Waals surface area contributed by atoms with Gasteiger partial charge in [0, 0.05) is 19.8 Å². The predicted molar refractivity (Wildman–Crippen MR) is 54.3 cm³/mol. The molecule has 2 N–H and O–H groups in total. The number of hydrogen-bond donors (Lipinski definition) is 1. The standard InChI is InChI=1S/C10H12N4/c1-14-10(6-8(7-11)13-14)9-4-2-3-5-12-9/h2-6H,7,11H2,1H3. The second-order valence-electron chi connectivity index (χ2n) is 3.06. The van der Waals surface area contributed by atoms with E-state index in [-0.39, 0.29) is 0 Å². The smallest absolute Gasteiger partial charge is 0.0882 e. The molecule has 0 aromatic carbocycles. The van der Waals surface area contributed by atoms with Crippen LogP contribution < -0.4 is 5.73 Å². The molecule has 0 saturated heterocycles. The van der Waals surface area contributed by atoms with Gasteiger partial charge < -0.3 is 5.73 Å². The van der Waals surface area contributed by atoms with Crippen molar-refractivity contribution in [3.05, 3.63) is 36.2 Å². The van der Waals surface area contributed by atoms with E-state index in [1.807, 2.05) is 31.3 Å². The number of nitrogens with zero attached hydrogens (tertiary/aromatic N) is 3. The quantitative estimate of drug-likeness (QED) is 0.763. The van der Waals surface area contributed by atoms with Gasteiger partial charge in [-0.3, -0.25) is 9.67 Å². The molecule has 0 amide bonds. The van der Waals surface area contributed by atoms with Crippen molar-refractivity contribution in [3.8, 4) is 11.4 Å². The molecule has 2 aromatic heterocycles. The van der Waals surface area contributed by atoms with E-state index >= 15 is 0 Å². The molecule has 4 nitrogen and oxygen atoms in total. The van der Waals surface area contributed by atoms with Crippen molar-refractivity contribution >= 4 is 0 Å². The van der Waals surface area contributed by atoms with Gasteiger partial charge in [-0.1, -0.05) is 6.07 Å². The summed E-state index contributed by atoms with van der Waals surface area (Å²) in [7, 11) is 1.89. The Morgan fingerprint density at radius 1 is 1.43 bits per heavy atom. The first-order chi connectivity index (χ1) is 6.81. The van der Waals surface area contributed by atoms with Crippen molar-refractivity contribution in [3.63, 3.8) is 0 Å². The minimum Gasteiger partial charge on any atom is -0.325 e. The van der Waals surface area contributed by atoms with Crippen LogP contribution in [-0.4, -0.2) is 14.8 Å². The molecule has 0 saturated carbocycles. The summed E-state index contributed by atoms with van der Waals surface area (Å²) < 4.78 is 1.80. The summed E-state index contributed by atoms with van der Waals surface area (Å²) in [6.45, 7) is 0.459. The highest BCUT2D eigenvalue weighted by atomic mass is 15.3. The normalized spacial score (nSPS) is 10.4. The molecular weight excluding hydrogens is 176 g/mol. The molecule has 0 spiro atoms. The Kier molecular flexibility index (Phi) is 2.28. The van der Waals surface area contributed by atoms with Crippen LogP contribution in [0.2, 0.25) is 0 Å². The maximum Gasteiger partial charge on any atom is 0.0882 e. The summed E-state index contributed by atoms with van der Waals surface area (Å²) in [5.74, 6) is 0. The highest BCUT2D eigenvalue weighted by Crippen LogP contribution is 2.16. The zero-order chi connectivity index (χ0) is 9.97. The second kappa shape index (κ2) is 3.59. The van der Waals surface area contributed by atoms with Gasteiger partial charge in [-0.2, -0.15) is 5.10 Å².